The smallest absolute Gasteiger partial charge is 0.274 e. The second-order valence-electron chi connectivity index (χ2n) is 4.27. The Labute approximate surface area is 105 Å². The van der Waals surface area contributed by atoms with E-state index in [4.69, 9.17) is 5.11 Å². The highest BCUT2D eigenvalue weighted by Crippen LogP contribution is 2.31. The first-order chi connectivity index (χ1) is 7.95. The van der Waals surface area contributed by atoms with Gasteiger partial charge in [0.2, 0.25) is 0 Å². The fourth-order valence-corrected chi connectivity index (χ4v) is 2.35. The molecule has 1 unspecified atom stereocenters. The molecule has 17 heavy (non-hydrogen) atoms. The highest BCUT2D eigenvalue weighted by atomic mass is 32.2. The van der Waals surface area contributed by atoms with Gasteiger partial charge in [-0.2, -0.15) is 0 Å². The Bertz CT molecular complexity index is 407. The number of rotatable bonds is 5. The zero-order valence-electron chi connectivity index (χ0n) is 10.2. The Kier molecular flexibility index (Phi) is 4.96. The first-order valence-electron chi connectivity index (χ1n) is 5.50. The Morgan fingerprint density at radius 3 is 2.53 bits per heavy atom. The summed E-state index contributed by atoms with van der Waals surface area (Å²) in [5.74, 6) is 0.535. The molecule has 1 N–H and O–H groups in total. The van der Waals surface area contributed by atoms with Crippen molar-refractivity contribution in [3.05, 3.63) is 33.9 Å². The first kappa shape index (κ1) is 14.0. The normalized spacial score (nSPS) is 12.8. The highest BCUT2D eigenvalue weighted by molar-refractivity contribution is 8.00. The van der Waals surface area contributed by atoms with E-state index >= 15 is 0 Å². The third kappa shape index (κ3) is 3.71. The molecule has 0 saturated heterocycles. The molecule has 0 aliphatic heterocycles. The van der Waals surface area contributed by atoms with Crippen molar-refractivity contribution in [2.24, 2.45) is 5.92 Å². The minimum Gasteiger partial charge on any atom is -0.391 e. The van der Waals surface area contributed by atoms with Gasteiger partial charge >= 0.3 is 0 Å². The molecule has 1 aromatic rings. The SMILES string of the molecule is CC(C)C(C)Sc1ccc([N+](=O)[O-])c(CO)c1. The molecule has 0 aliphatic rings. The van der Waals surface area contributed by atoms with E-state index in [0.717, 1.165) is 4.90 Å². The summed E-state index contributed by atoms with van der Waals surface area (Å²) in [5.41, 5.74) is 0.352. The molecular formula is C12H17NO3S. The van der Waals surface area contributed by atoms with Crippen LogP contribution in [0.2, 0.25) is 0 Å². The number of aliphatic hydroxyl groups is 1. The minimum atomic E-state index is -0.466. The quantitative estimate of drug-likeness (QED) is 0.498. The number of benzene rings is 1. The molecule has 0 amide bonds. The zero-order chi connectivity index (χ0) is 13.0. The Hall–Kier alpha value is -1.07. The van der Waals surface area contributed by atoms with Gasteiger partial charge in [-0.25, -0.2) is 0 Å². The summed E-state index contributed by atoms with van der Waals surface area (Å²) in [7, 11) is 0. The molecule has 0 fully saturated rings. The molecular weight excluding hydrogens is 238 g/mol. The molecule has 94 valence electrons. The van der Waals surface area contributed by atoms with E-state index in [1.165, 1.54) is 6.07 Å². The lowest BCUT2D eigenvalue weighted by molar-refractivity contribution is -0.385. The van der Waals surface area contributed by atoms with Crippen LogP contribution in [0.15, 0.2) is 23.1 Å². The lowest BCUT2D eigenvalue weighted by atomic mass is 10.2. The molecule has 1 aromatic carbocycles. The van der Waals surface area contributed by atoms with E-state index in [0.29, 0.717) is 16.7 Å². The topological polar surface area (TPSA) is 63.4 Å². The average molecular weight is 255 g/mol. The van der Waals surface area contributed by atoms with Crippen molar-refractivity contribution in [2.75, 3.05) is 0 Å². The van der Waals surface area contributed by atoms with Gasteiger partial charge in [0.1, 0.15) is 0 Å². The van der Waals surface area contributed by atoms with Crippen LogP contribution in [-0.2, 0) is 6.61 Å². The number of aliphatic hydroxyl groups excluding tert-OH is 1. The molecule has 1 atom stereocenters. The molecule has 1 rings (SSSR count). The molecule has 0 radical (unpaired) electrons. The van der Waals surface area contributed by atoms with Crippen molar-refractivity contribution >= 4 is 17.4 Å². The molecule has 0 bridgehead atoms. The van der Waals surface area contributed by atoms with Crippen molar-refractivity contribution in [1.29, 1.82) is 0 Å². The average Bonchev–Trinajstić information content (AvgIpc) is 2.28. The van der Waals surface area contributed by atoms with E-state index in [1.807, 2.05) is 0 Å². The van der Waals surface area contributed by atoms with Crippen LogP contribution >= 0.6 is 11.8 Å². The van der Waals surface area contributed by atoms with Crippen LogP contribution in [0.4, 0.5) is 5.69 Å². The van der Waals surface area contributed by atoms with Gasteiger partial charge in [-0.05, 0) is 18.1 Å². The number of nitro benzene ring substituents is 1. The fourth-order valence-electron chi connectivity index (χ4n) is 1.29. The minimum absolute atomic E-state index is 0.0194. The van der Waals surface area contributed by atoms with E-state index < -0.39 is 4.92 Å². The summed E-state index contributed by atoms with van der Waals surface area (Å²) >= 11 is 1.67. The number of thioether (sulfide) groups is 1. The van der Waals surface area contributed by atoms with Crippen molar-refractivity contribution in [3.63, 3.8) is 0 Å². The van der Waals surface area contributed by atoms with Crippen LogP contribution in [0, 0.1) is 16.0 Å². The van der Waals surface area contributed by atoms with Gasteiger partial charge in [0.15, 0.2) is 0 Å². The zero-order valence-corrected chi connectivity index (χ0v) is 11.0. The van der Waals surface area contributed by atoms with E-state index in [-0.39, 0.29) is 12.3 Å². The largest absolute Gasteiger partial charge is 0.391 e. The molecule has 0 spiro atoms. The molecule has 0 aromatic heterocycles. The van der Waals surface area contributed by atoms with Crippen molar-refractivity contribution < 1.29 is 10.0 Å². The lowest BCUT2D eigenvalue weighted by Crippen LogP contribution is -2.05. The summed E-state index contributed by atoms with van der Waals surface area (Å²) in [6.45, 7) is 6.09. The third-order valence-corrected chi connectivity index (χ3v) is 4.12. The molecule has 0 aliphatic carbocycles. The third-order valence-electron chi connectivity index (χ3n) is 2.68. The Balaban J connectivity index is 2.94. The highest BCUT2D eigenvalue weighted by Gasteiger charge is 2.15. The van der Waals surface area contributed by atoms with Gasteiger partial charge in [-0.15, -0.1) is 11.8 Å². The molecule has 0 saturated carbocycles. The van der Waals surface area contributed by atoms with Crippen LogP contribution in [0.1, 0.15) is 26.3 Å². The second kappa shape index (κ2) is 6.02. The number of nitro groups is 1. The molecule has 5 heteroatoms. The summed E-state index contributed by atoms with van der Waals surface area (Å²) in [4.78, 5) is 11.2. The lowest BCUT2D eigenvalue weighted by Gasteiger charge is -2.15. The van der Waals surface area contributed by atoms with Crippen LogP contribution in [0.5, 0.6) is 0 Å². The van der Waals surface area contributed by atoms with Crippen LogP contribution in [0.25, 0.3) is 0 Å². The van der Waals surface area contributed by atoms with Crippen molar-refractivity contribution in [1.82, 2.24) is 0 Å². The fraction of sp³-hybridized carbons (Fsp3) is 0.500. The molecule has 0 heterocycles. The predicted octanol–water partition coefficient (Wildman–Crippen LogP) is 3.22. The Morgan fingerprint density at radius 2 is 2.06 bits per heavy atom. The number of hydrogen-bond acceptors (Lipinski definition) is 4. The van der Waals surface area contributed by atoms with Crippen molar-refractivity contribution in [2.45, 2.75) is 37.5 Å². The summed E-state index contributed by atoms with van der Waals surface area (Å²) in [6.07, 6.45) is 0. The van der Waals surface area contributed by atoms with E-state index in [9.17, 15) is 10.1 Å². The van der Waals surface area contributed by atoms with Gasteiger partial charge in [-0.3, -0.25) is 10.1 Å². The predicted molar refractivity (Wildman–Crippen MR) is 69.2 cm³/mol. The maximum Gasteiger partial charge on any atom is 0.274 e. The van der Waals surface area contributed by atoms with Crippen molar-refractivity contribution in [3.8, 4) is 0 Å². The van der Waals surface area contributed by atoms with Gasteiger partial charge < -0.3 is 5.11 Å². The van der Waals surface area contributed by atoms with Gasteiger partial charge in [-0.1, -0.05) is 20.8 Å². The Morgan fingerprint density at radius 1 is 1.41 bits per heavy atom. The van der Waals surface area contributed by atoms with Gasteiger partial charge in [0.05, 0.1) is 17.1 Å². The summed E-state index contributed by atoms with van der Waals surface area (Å²) in [5, 5.41) is 20.3. The van der Waals surface area contributed by atoms with Crippen LogP contribution < -0.4 is 0 Å². The van der Waals surface area contributed by atoms with Gasteiger partial charge in [0.25, 0.3) is 5.69 Å². The second-order valence-corrected chi connectivity index (χ2v) is 5.72. The maximum atomic E-state index is 10.7. The number of nitrogens with zero attached hydrogens (tertiary/aromatic N) is 1. The molecule has 4 nitrogen and oxygen atoms in total. The summed E-state index contributed by atoms with van der Waals surface area (Å²) in [6, 6.07) is 4.89. The number of hydrogen-bond donors (Lipinski definition) is 1. The monoisotopic (exact) mass is 255 g/mol. The van der Waals surface area contributed by atoms with Gasteiger partial charge in [0, 0.05) is 16.2 Å². The first-order valence-corrected chi connectivity index (χ1v) is 6.38. The van der Waals surface area contributed by atoms with Crippen LogP contribution in [0.3, 0.4) is 0 Å². The van der Waals surface area contributed by atoms with Crippen LogP contribution in [-0.4, -0.2) is 15.3 Å². The van der Waals surface area contributed by atoms with E-state index in [1.54, 1.807) is 23.9 Å². The maximum absolute atomic E-state index is 10.7. The standard InChI is InChI=1S/C12H17NO3S/c1-8(2)9(3)17-11-4-5-12(13(15)16)10(6-11)7-14/h4-6,8-9,14H,7H2,1-3H3. The van der Waals surface area contributed by atoms with E-state index in [2.05, 4.69) is 20.8 Å². The summed E-state index contributed by atoms with van der Waals surface area (Å²) < 4.78 is 0.